The van der Waals surface area contributed by atoms with Crippen molar-refractivity contribution in [3.8, 4) is 5.75 Å². The van der Waals surface area contributed by atoms with Crippen LogP contribution in [0.3, 0.4) is 0 Å². The molecule has 0 aromatic heterocycles. The maximum atomic E-state index is 6.89. The van der Waals surface area contributed by atoms with Crippen LogP contribution in [-0.4, -0.2) is 36.5 Å². The van der Waals surface area contributed by atoms with Crippen molar-refractivity contribution in [2.45, 2.75) is 61.5 Å². The van der Waals surface area contributed by atoms with Gasteiger partial charge in [0.15, 0.2) is 0 Å². The average Bonchev–Trinajstić information content (AvgIpc) is 3.11. The molecule has 46 heavy (non-hydrogen) atoms. The summed E-state index contributed by atoms with van der Waals surface area (Å²) in [5.74, 6) is 0.778. The summed E-state index contributed by atoms with van der Waals surface area (Å²) in [4.78, 5) is 1.10. The lowest BCUT2D eigenvalue weighted by molar-refractivity contribution is -0.253. The SMILES string of the molecule is Cc1ccccc1O[C@@H]1O[C@H](COCc2ccccc2)[C@@H](OCc2ccccc2)[C@H](OCc2ccccc2)[C@H]1Sc1ccccc1. The van der Waals surface area contributed by atoms with E-state index in [1.807, 2.05) is 104 Å². The van der Waals surface area contributed by atoms with Crippen LogP contribution in [0.5, 0.6) is 5.75 Å². The number of hydrogen-bond donors (Lipinski definition) is 0. The molecule has 0 aliphatic carbocycles. The maximum absolute atomic E-state index is 6.89. The van der Waals surface area contributed by atoms with Crippen LogP contribution in [-0.2, 0) is 38.8 Å². The summed E-state index contributed by atoms with van der Waals surface area (Å²) in [5, 5.41) is -0.253. The van der Waals surface area contributed by atoms with Crippen molar-refractivity contribution in [2.75, 3.05) is 6.61 Å². The van der Waals surface area contributed by atoms with E-state index < -0.39 is 18.5 Å². The largest absolute Gasteiger partial charge is 0.463 e. The summed E-state index contributed by atoms with van der Waals surface area (Å²) < 4.78 is 33.6. The molecule has 5 aromatic carbocycles. The van der Waals surface area contributed by atoms with E-state index in [2.05, 4.69) is 48.5 Å². The van der Waals surface area contributed by atoms with Gasteiger partial charge in [0.05, 0.1) is 26.4 Å². The van der Waals surface area contributed by atoms with E-state index >= 15 is 0 Å². The molecule has 236 valence electrons. The second-order valence-corrected chi connectivity index (χ2v) is 12.6. The molecule has 0 N–H and O–H groups in total. The second kappa shape index (κ2) is 16.6. The van der Waals surface area contributed by atoms with Crippen molar-refractivity contribution in [3.05, 3.63) is 168 Å². The van der Waals surface area contributed by atoms with Crippen molar-refractivity contribution in [1.29, 1.82) is 0 Å². The molecule has 0 radical (unpaired) electrons. The Morgan fingerprint density at radius 1 is 0.565 bits per heavy atom. The summed E-state index contributed by atoms with van der Waals surface area (Å²) in [5.41, 5.74) is 4.31. The van der Waals surface area contributed by atoms with Gasteiger partial charge < -0.3 is 23.7 Å². The minimum absolute atomic E-state index is 0.253. The summed E-state index contributed by atoms with van der Waals surface area (Å²) in [6.07, 6.45) is -1.90. The molecule has 1 saturated heterocycles. The molecule has 0 amide bonds. The first kappa shape index (κ1) is 32.0. The predicted molar refractivity (Wildman–Crippen MR) is 183 cm³/mol. The van der Waals surface area contributed by atoms with E-state index in [9.17, 15) is 0 Å². The average molecular weight is 633 g/mol. The van der Waals surface area contributed by atoms with Gasteiger partial charge in [0.1, 0.15) is 29.3 Å². The molecule has 6 rings (SSSR count). The fourth-order valence-electron chi connectivity index (χ4n) is 5.49. The Morgan fingerprint density at radius 3 is 1.65 bits per heavy atom. The zero-order chi connectivity index (χ0) is 31.4. The zero-order valence-electron chi connectivity index (χ0n) is 26.0. The predicted octanol–water partition coefficient (Wildman–Crippen LogP) is 8.65. The summed E-state index contributed by atoms with van der Waals surface area (Å²) in [6.45, 7) is 3.68. The van der Waals surface area contributed by atoms with Crippen LogP contribution in [0.15, 0.2) is 150 Å². The number of benzene rings is 5. The quantitative estimate of drug-likeness (QED) is 0.122. The molecule has 6 heteroatoms. The Balaban J connectivity index is 1.34. The van der Waals surface area contributed by atoms with Gasteiger partial charge in [-0.15, -0.1) is 11.8 Å². The normalized spacial score (nSPS) is 21.1. The standard InChI is InChI=1S/C40H40O5S/c1-30-16-14-15-25-35(30)44-40-39(46-34-23-12-5-13-24-34)38(43-28-33-21-10-4-11-22-33)37(42-27-32-19-8-3-9-20-32)36(45-40)29-41-26-31-17-6-2-7-18-31/h2-25,36-40H,26-29H2,1H3/t36-,37-,38+,39-,40-/m1/s1. The van der Waals surface area contributed by atoms with Gasteiger partial charge in [-0.1, -0.05) is 127 Å². The third-order valence-electron chi connectivity index (χ3n) is 7.91. The molecule has 5 aromatic rings. The minimum Gasteiger partial charge on any atom is -0.463 e. The van der Waals surface area contributed by atoms with Crippen LogP contribution >= 0.6 is 11.8 Å². The van der Waals surface area contributed by atoms with Gasteiger partial charge in [0.25, 0.3) is 0 Å². The molecule has 0 saturated carbocycles. The Labute approximate surface area is 276 Å². The molecule has 1 aliphatic heterocycles. The van der Waals surface area contributed by atoms with Gasteiger partial charge in [-0.2, -0.15) is 0 Å². The van der Waals surface area contributed by atoms with Crippen LogP contribution in [0.1, 0.15) is 22.3 Å². The fourth-order valence-corrected chi connectivity index (χ4v) is 6.72. The van der Waals surface area contributed by atoms with Crippen LogP contribution in [0.2, 0.25) is 0 Å². The first-order chi connectivity index (χ1) is 22.7. The third kappa shape index (κ3) is 8.87. The lowest BCUT2D eigenvalue weighted by Crippen LogP contribution is -2.60. The molecule has 0 spiro atoms. The van der Waals surface area contributed by atoms with E-state index in [-0.39, 0.29) is 11.4 Å². The Kier molecular flexibility index (Phi) is 11.6. The molecule has 1 heterocycles. The third-order valence-corrected chi connectivity index (χ3v) is 9.21. The van der Waals surface area contributed by atoms with E-state index in [0.717, 1.165) is 32.9 Å². The first-order valence-corrected chi connectivity index (χ1v) is 16.6. The maximum Gasteiger partial charge on any atom is 0.215 e. The highest BCUT2D eigenvalue weighted by molar-refractivity contribution is 8.00. The van der Waals surface area contributed by atoms with Gasteiger partial charge >= 0.3 is 0 Å². The Hall–Kier alpha value is -3.91. The van der Waals surface area contributed by atoms with E-state index in [0.29, 0.717) is 26.4 Å². The highest BCUT2D eigenvalue weighted by Crippen LogP contribution is 2.39. The summed E-state index contributed by atoms with van der Waals surface area (Å²) in [6, 6.07) is 49.0. The van der Waals surface area contributed by atoms with Gasteiger partial charge in [-0.25, -0.2) is 0 Å². The monoisotopic (exact) mass is 632 g/mol. The zero-order valence-corrected chi connectivity index (χ0v) is 26.8. The van der Waals surface area contributed by atoms with E-state index in [1.54, 1.807) is 11.8 Å². The Bertz CT molecular complexity index is 1590. The summed E-state index contributed by atoms with van der Waals surface area (Å²) in [7, 11) is 0. The fraction of sp³-hybridized carbons (Fsp3) is 0.250. The van der Waals surface area contributed by atoms with E-state index in [4.69, 9.17) is 23.7 Å². The lowest BCUT2D eigenvalue weighted by Gasteiger charge is -2.46. The van der Waals surface area contributed by atoms with Gasteiger partial charge in [-0.3, -0.25) is 0 Å². The van der Waals surface area contributed by atoms with Crippen LogP contribution < -0.4 is 4.74 Å². The molecule has 5 atom stereocenters. The smallest absolute Gasteiger partial charge is 0.215 e. The molecule has 1 fully saturated rings. The molecule has 5 nitrogen and oxygen atoms in total. The number of rotatable bonds is 14. The van der Waals surface area contributed by atoms with Crippen LogP contribution in [0.4, 0.5) is 0 Å². The van der Waals surface area contributed by atoms with Crippen LogP contribution in [0.25, 0.3) is 0 Å². The second-order valence-electron chi connectivity index (χ2n) is 11.3. The van der Waals surface area contributed by atoms with Crippen molar-refractivity contribution in [3.63, 3.8) is 0 Å². The number of hydrogen-bond acceptors (Lipinski definition) is 6. The highest BCUT2D eigenvalue weighted by atomic mass is 32.2. The highest BCUT2D eigenvalue weighted by Gasteiger charge is 2.49. The molecule has 0 unspecified atom stereocenters. The molecule has 0 bridgehead atoms. The van der Waals surface area contributed by atoms with Crippen molar-refractivity contribution in [2.24, 2.45) is 0 Å². The van der Waals surface area contributed by atoms with Crippen molar-refractivity contribution >= 4 is 11.8 Å². The topological polar surface area (TPSA) is 46.2 Å². The molecular weight excluding hydrogens is 593 g/mol. The van der Waals surface area contributed by atoms with Crippen molar-refractivity contribution < 1.29 is 23.7 Å². The minimum atomic E-state index is -0.631. The van der Waals surface area contributed by atoms with Gasteiger partial charge in [0, 0.05) is 4.90 Å². The number of aryl methyl sites for hydroxylation is 1. The van der Waals surface area contributed by atoms with Gasteiger partial charge in [-0.05, 0) is 47.4 Å². The summed E-state index contributed by atoms with van der Waals surface area (Å²) >= 11 is 1.69. The van der Waals surface area contributed by atoms with Crippen molar-refractivity contribution in [1.82, 2.24) is 0 Å². The van der Waals surface area contributed by atoms with Crippen LogP contribution in [0, 0.1) is 6.92 Å². The lowest BCUT2D eigenvalue weighted by atomic mass is 10.00. The van der Waals surface area contributed by atoms with E-state index in [1.165, 1.54) is 0 Å². The Morgan fingerprint density at radius 2 is 1.07 bits per heavy atom. The number of thioether (sulfide) groups is 1. The number of para-hydroxylation sites is 1. The number of ether oxygens (including phenoxy) is 5. The molecule has 1 aliphatic rings. The molecular formula is C40H40O5S. The van der Waals surface area contributed by atoms with Gasteiger partial charge in [0.2, 0.25) is 6.29 Å². The first-order valence-electron chi connectivity index (χ1n) is 15.7.